The van der Waals surface area contributed by atoms with Gasteiger partial charge in [-0.3, -0.25) is 24.6 Å². The number of aryl methyl sites for hydroxylation is 1. The second kappa shape index (κ2) is 10.3. The van der Waals surface area contributed by atoms with Crippen LogP contribution in [0.15, 0.2) is 53.5 Å². The van der Waals surface area contributed by atoms with Gasteiger partial charge in [0.15, 0.2) is 0 Å². The number of aromatic nitrogens is 4. The second-order valence-electron chi connectivity index (χ2n) is 8.73. The summed E-state index contributed by atoms with van der Waals surface area (Å²) in [5.41, 5.74) is 5.47. The van der Waals surface area contributed by atoms with Gasteiger partial charge in [-0.1, -0.05) is 6.07 Å². The summed E-state index contributed by atoms with van der Waals surface area (Å²) in [6.45, 7) is 7.83. The van der Waals surface area contributed by atoms with E-state index in [-0.39, 0.29) is 11.6 Å². The van der Waals surface area contributed by atoms with E-state index >= 15 is 0 Å². The van der Waals surface area contributed by atoms with Crippen molar-refractivity contribution in [1.82, 2.24) is 29.7 Å². The molecule has 36 heavy (non-hydrogen) atoms. The van der Waals surface area contributed by atoms with Gasteiger partial charge in [0.25, 0.3) is 5.56 Å². The Bertz CT molecular complexity index is 1440. The highest BCUT2D eigenvalue weighted by Gasteiger charge is 2.17. The van der Waals surface area contributed by atoms with Crippen molar-refractivity contribution < 1.29 is 9.53 Å². The van der Waals surface area contributed by atoms with Crippen LogP contribution in [0.5, 0.6) is 0 Å². The lowest BCUT2D eigenvalue weighted by molar-refractivity contribution is 0.0225. The van der Waals surface area contributed by atoms with Crippen molar-refractivity contribution in [3.05, 3.63) is 64.7 Å². The minimum Gasteiger partial charge on any atom is -0.379 e. The van der Waals surface area contributed by atoms with Crippen LogP contribution in [0.2, 0.25) is 0 Å². The van der Waals surface area contributed by atoms with E-state index in [1.807, 2.05) is 50.2 Å². The van der Waals surface area contributed by atoms with Gasteiger partial charge in [0.1, 0.15) is 0 Å². The molecule has 186 valence electrons. The molecular weight excluding hydrogens is 458 g/mol. The lowest BCUT2D eigenvalue weighted by Crippen LogP contribution is -2.40. The smallest absolute Gasteiger partial charge is 0.321 e. The van der Waals surface area contributed by atoms with Crippen LogP contribution in [0.3, 0.4) is 0 Å². The third-order valence-corrected chi connectivity index (χ3v) is 6.22. The number of aromatic amines is 1. The van der Waals surface area contributed by atoms with Gasteiger partial charge in [-0.05, 0) is 55.3 Å². The SMILES string of the molecule is CCNC(=O)Nc1nc2cc(-c3cc(C)n(CN4CCOCC4)c(=O)c3)cc(-c3ccccn3)c2[nH]1. The van der Waals surface area contributed by atoms with Gasteiger partial charge in [0, 0.05) is 43.2 Å². The number of urea groups is 1. The van der Waals surface area contributed by atoms with E-state index in [9.17, 15) is 9.59 Å². The summed E-state index contributed by atoms with van der Waals surface area (Å²) in [7, 11) is 0. The van der Waals surface area contributed by atoms with Gasteiger partial charge in [-0.15, -0.1) is 0 Å². The van der Waals surface area contributed by atoms with Crippen LogP contribution in [0.25, 0.3) is 33.4 Å². The molecule has 0 radical (unpaired) electrons. The Hall–Kier alpha value is -4.02. The number of carbonyl (C=O) groups excluding carboxylic acids is 1. The van der Waals surface area contributed by atoms with E-state index in [2.05, 4.69) is 30.5 Å². The molecule has 3 aromatic heterocycles. The molecule has 1 fully saturated rings. The molecule has 4 heterocycles. The van der Waals surface area contributed by atoms with Gasteiger partial charge in [0.2, 0.25) is 5.95 Å². The number of fused-ring (bicyclic) bond motifs is 1. The third kappa shape index (κ3) is 5.00. The largest absolute Gasteiger partial charge is 0.379 e. The van der Waals surface area contributed by atoms with Crippen LogP contribution >= 0.6 is 0 Å². The minimum atomic E-state index is -0.337. The monoisotopic (exact) mass is 487 g/mol. The zero-order valence-corrected chi connectivity index (χ0v) is 20.4. The number of anilines is 1. The fraction of sp³-hybridized carbons (Fsp3) is 0.308. The van der Waals surface area contributed by atoms with Crippen molar-refractivity contribution >= 4 is 23.0 Å². The number of benzene rings is 1. The Morgan fingerprint density at radius 1 is 1.14 bits per heavy atom. The number of morpholine rings is 1. The van der Waals surface area contributed by atoms with E-state index in [0.717, 1.165) is 46.7 Å². The Labute approximate surface area is 208 Å². The standard InChI is InChI=1S/C26H29N7O3/c1-3-27-26(35)31-25-29-22-14-19(13-20(24(22)30-25)21-6-4-5-7-28-21)18-12-17(2)33(23(34)15-18)16-32-8-10-36-11-9-32/h4-7,12-15H,3,8-11,16H2,1-2H3,(H3,27,29,30,31,35). The summed E-state index contributed by atoms with van der Waals surface area (Å²) >= 11 is 0. The van der Waals surface area contributed by atoms with Crippen LogP contribution in [0.4, 0.5) is 10.7 Å². The zero-order chi connectivity index (χ0) is 25.1. The topological polar surface area (TPSA) is 117 Å². The molecule has 2 amide bonds. The molecule has 1 aliphatic heterocycles. The molecule has 1 saturated heterocycles. The summed E-state index contributed by atoms with van der Waals surface area (Å²) in [5, 5.41) is 5.43. The van der Waals surface area contributed by atoms with Crippen LogP contribution in [0, 0.1) is 6.92 Å². The van der Waals surface area contributed by atoms with E-state index in [1.54, 1.807) is 16.8 Å². The quantitative estimate of drug-likeness (QED) is 0.385. The number of imidazole rings is 1. The number of ether oxygens (including phenoxy) is 1. The highest BCUT2D eigenvalue weighted by atomic mass is 16.5. The van der Waals surface area contributed by atoms with E-state index < -0.39 is 0 Å². The Kier molecular flexibility index (Phi) is 6.79. The predicted molar refractivity (Wildman–Crippen MR) is 139 cm³/mol. The Morgan fingerprint density at radius 3 is 2.67 bits per heavy atom. The molecule has 0 saturated carbocycles. The molecule has 0 aliphatic carbocycles. The molecule has 4 aromatic rings. The van der Waals surface area contributed by atoms with Crippen molar-refractivity contribution in [3.63, 3.8) is 0 Å². The summed E-state index contributed by atoms with van der Waals surface area (Å²) in [5.74, 6) is 0.336. The molecule has 0 atom stereocenters. The minimum absolute atomic E-state index is 0.0587. The lowest BCUT2D eigenvalue weighted by Gasteiger charge is -2.28. The number of hydrogen-bond acceptors (Lipinski definition) is 6. The number of hydrogen-bond donors (Lipinski definition) is 3. The summed E-state index contributed by atoms with van der Waals surface area (Å²) in [4.78, 5) is 39.7. The zero-order valence-electron chi connectivity index (χ0n) is 20.4. The molecule has 1 aromatic carbocycles. The number of amides is 2. The fourth-order valence-electron chi connectivity index (χ4n) is 4.40. The van der Waals surface area contributed by atoms with Gasteiger partial charge in [-0.2, -0.15) is 0 Å². The summed E-state index contributed by atoms with van der Waals surface area (Å²) in [6, 6.07) is 13.0. The lowest BCUT2D eigenvalue weighted by atomic mass is 10.00. The van der Waals surface area contributed by atoms with Crippen LogP contribution < -0.4 is 16.2 Å². The molecule has 3 N–H and O–H groups in total. The van der Waals surface area contributed by atoms with Gasteiger partial charge < -0.3 is 15.0 Å². The maximum absolute atomic E-state index is 13.1. The second-order valence-corrected chi connectivity index (χ2v) is 8.73. The van der Waals surface area contributed by atoms with Crippen molar-refractivity contribution in [3.8, 4) is 22.4 Å². The normalized spacial score (nSPS) is 14.2. The van der Waals surface area contributed by atoms with Crippen molar-refractivity contribution in [2.24, 2.45) is 0 Å². The molecule has 10 heteroatoms. The average molecular weight is 488 g/mol. The van der Waals surface area contributed by atoms with Crippen LogP contribution in [-0.2, 0) is 11.4 Å². The molecule has 1 aliphatic rings. The summed E-state index contributed by atoms with van der Waals surface area (Å²) < 4.78 is 7.21. The molecule has 0 spiro atoms. The first-order valence-electron chi connectivity index (χ1n) is 12.0. The first kappa shape index (κ1) is 23.7. The van der Waals surface area contributed by atoms with E-state index in [1.165, 1.54) is 0 Å². The summed E-state index contributed by atoms with van der Waals surface area (Å²) in [6.07, 6.45) is 1.73. The number of nitrogens with zero attached hydrogens (tertiary/aromatic N) is 4. The third-order valence-electron chi connectivity index (χ3n) is 6.22. The van der Waals surface area contributed by atoms with Crippen molar-refractivity contribution in [2.45, 2.75) is 20.5 Å². The van der Waals surface area contributed by atoms with Crippen LogP contribution in [0.1, 0.15) is 12.6 Å². The molecule has 5 rings (SSSR count). The van der Waals surface area contributed by atoms with Gasteiger partial charge in [0.05, 0.1) is 36.6 Å². The first-order valence-corrected chi connectivity index (χ1v) is 12.0. The molecular formula is C26H29N7O3. The molecule has 0 unspecified atom stereocenters. The molecule has 0 bridgehead atoms. The van der Waals surface area contributed by atoms with Gasteiger partial charge in [-0.25, -0.2) is 9.78 Å². The van der Waals surface area contributed by atoms with Crippen LogP contribution in [-0.4, -0.2) is 63.3 Å². The number of nitrogens with one attached hydrogen (secondary N) is 3. The maximum atomic E-state index is 13.1. The number of H-pyrrole nitrogens is 1. The maximum Gasteiger partial charge on any atom is 0.321 e. The van der Waals surface area contributed by atoms with Crippen molar-refractivity contribution in [1.29, 1.82) is 0 Å². The average Bonchev–Trinajstić information content (AvgIpc) is 3.29. The Balaban J connectivity index is 1.56. The number of carbonyl (C=O) groups is 1. The predicted octanol–water partition coefficient (Wildman–Crippen LogP) is 3.19. The first-order chi connectivity index (χ1) is 17.5. The van der Waals surface area contributed by atoms with Gasteiger partial charge >= 0.3 is 6.03 Å². The van der Waals surface area contributed by atoms with Crippen molar-refractivity contribution in [2.75, 3.05) is 38.2 Å². The highest BCUT2D eigenvalue weighted by molar-refractivity contribution is 5.98. The fourth-order valence-corrected chi connectivity index (χ4v) is 4.40. The highest BCUT2D eigenvalue weighted by Crippen LogP contribution is 2.33. The molecule has 10 nitrogen and oxygen atoms in total. The Morgan fingerprint density at radius 2 is 1.94 bits per heavy atom. The van der Waals surface area contributed by atoms with E-state index in [4.69, 9.17) is 4.74 Å². The van der Waals surface area contributed by atoms with E-state index in [0.29, 0.717) is 37.9 Å². The number of rotatable bonds is 6. The number of pyridine rings is 2.